The standard InChI is InChI=1S/C34H31ClFN5O3S/c35-28-8-4-5-9-33(28)45(42,43)41-26-15-17-31(29(36)21-26)44-32-20-23(22-6-2-1-3-7-22)10-16-27(32)30-18-19-38-34(40-30)39-25-13-11-24(37)12-14-25/h1-10,15-21,24-25,41H,11-14,37H2,(H,38,39,40). The van der Waals surface area contributed by atoms with E-state index in [0.29, 0.717) is 23.0 Å². The quantitative estimate of drug-likeness (QED) is 0.149. The van der Waals surface area contributed by atoms with Crippen LogP contribution in [-0.2, 0) is 10.0 Å². The molecule has 0 amide bonds. The number of nitrogens with two attached hydrogens (primary N) is 1. The third-order valence-corrected chi connectivity index (χ3v) is 9.54. The highest BCUT2D eigenvalue weighted by atomic mass is 35.5. The lowest BCUT2D eigenvalue weighted by Gasteiger charge is -2.26. The average Bonchev–Trinajstić information content (AvgIpc) is 3.04. The second-order valence-corrected chi connectivity index (χ2v) is 12.9. The summed E-state index contributed by atoms with van der Waals surface area (Å²) in [4.78, 5) is 9.07. The number of benzene rings is 4. The van der Waals surface area contributed by atoms with Crippen LogP contribution in [0.25, 0.3) is 22.4 Å². The van der Waals surface area contributed by atoms with Gasteiger partial charge in [-0.05, 0) is 79.3 Å². The lowest BCUT2D eigenvalue weighted by Crippen LogP contribution is -2.33. The molecule has 1 fully saturated rings. The van der Waals surface area contributed by atoms with Gasteiger partial charge in [0.2, 0.25) is 5.95 Å². The van der Waals surface area contributed by atoms with E-state index in [2.05, 4.69) is 15.0 Å². The number of sulfonamides is 1. The van der Waals surface area contributed by atoms with Crippen LogP contribution in [0.4, 0.5) is 16.0 Å². The Morgan fingerprint density at radius 1 is 0.844 bits per heavy atom. The molecule has 0 unspecified atom stereocenters. The van der Waals surface area contributed by atoms with Crippen LogP contribution in [0, 0.1) is 5.82 Å². The van der Waals surface area contributed by atoms with Crippen molar-refractivity contribution in [3.8, 4) is 33.9 Å². The average molecular weight is 644 g/mol. The van der Waals surface area contributed by atoms with Crippen LogP contribution in [0.2, 0.25) is 5.02 Å². The van der Waals surface area contributed by atoms with Gasteiger partial charge in [-0.15, -0.1) is 0 Å². The monoisotopic (exact) mass is 643 g/mol. The summed E-state index contributed by atoms with van der Waals surface area (Å²) < 4.78 is 49.8. The van der Waals surface area contributed by atoms with Crippen LogP contribution in [-0.4, -0.2) is 30.5 Å². The number of nitrogens with zero attached hydrogens (tertiary/aromatic N) is 2. The van der Waals surface area contributed by atoms with Gasteiger partial charge in [-0.25, -0.2) is 22.8 Å². The molecule has 1 heterocycles. The van der Waals surface area contributed by atoms with Gasteiger partial charge in [0.05, 0.1) is 16.4 Å². The van der Waals surface area contributed by atoms with Crippen LogP contribution in [0.5, 0.6) is 11.5 Å². The Balaban J connectivity index is 1.30. The number of anilines is 2. The van der Waals surface area contributed by atoms with E-state index < -0.39 is 15.8 Å². The Morgan fingerprint density at radius 2 is 1.60 bits per heavy atom. The van der Waals surface area contributed by atoms with Gasteiger partial charge in [0.25, 0.3) is 10.0 Å². The molecule has 8 nitrogen and oxygen atoms in total. The maximum Gasteiger partial charge on any atom is 0.263 e. The van der Waals surface area contributed by atoms with Crippen molar-refractivity contribution >= 4 is 33.3 Å². The molecule has 1 saturated carbocycles. The largest absolute Gasteiger partial charge is 0.454 e. The number of hydrogen-bond donors (Lipinski definition) is 3. The predicted molar refractivity (Wildman–Crippen MR) is 175 cm³/mol. The summed E-state index contributed by atoms with van der Waals surface area (Å²) in [6.07, 6.45) is 5.45. The van der Waals surface area contributed by atoms with Crippen molar-refractivity contribution < 1.29 is 17.5 Å². The number of aromatic nitrogens is 2. The second-order valence-electron chi connectivity index (χ2n) is 10.9. The minimum atomic E-state index is -4.04. The van der Waals surface area contributed by atoms with Crippen LogP contribution in [0.15, 0.2) is 108 Å². The molecule has 0 atom stereocenters. The van der Waals surface area contributed by atoms with Crippen molar-refractivity contribution in [2.75, 3.05) is 10.0 Å². The molecule has 0 saturated heterocycles. The van der Waals surface area contributed by atoms with E-state index in [-0.39, 0.29) is 33.4 Å². The summed E-state index contributed by atoms with van der Waals surface area (Å²) in [6, 6.07) is 27.6. The van der Waals surface area contributed by atoms with E-state index in [1.54, 1.807) is 24.4 Å². The molecule has 45 heavy (non-hydrogen) atoms. The molecule has 0 radical (unpaired) electrons. The maximum absolute atomic E-state index is 15.5. The molecule has 230 valence electrons. The zero-order valence-electron chi connectivity index (χ0n) is 24.2. The zero-order valence-corrected chi connectivity index (χ0v) is 25.7. The summed E-state index contributed by atoms with van der Waals surface area (Å²) in [5.74, 6) is 0.0133. The Kier molecular flexibility index (Phi) is 8.97. The molecule has 6 rings (SSSR count). The van der Waals surface area contributed by atoms with E-state index >= 15 is 4.39 Å². The molecule has 0 aliphatic heterocycles. The van der Waals surface area contributed by atoms with Crippen molar-refractivity contribution in [2.45, 2.75) is 42.7 Å². The smallest absolute Gasteiger partial charge is 0.263 e. The molecular formula is C34H31ClFN5O3S. The third kappa shape index (κ3) is 7.25. The number of ether oxygens (including phenoxy) is 1. The summed E-state index contributed by atoms with van der Waals surface area (Å²) in [6.45, 7) is 0. The van der Waals surface area contributed by atoms with Gasteiger partial charge >= 0.3 is 0 Å². The third-order valence-electron chi connectivity index (χ3n) is 7.66. The Morgan fingerprint density at radius 3 is 2.36 bits per heavy atom. The number of hydrogen-bond acceptors (Lipinski definition) is 7. The Bertz CT molecular complexity index is 1920. The van der Waals surface area contributed by atoms with Crippen molar-refractivity contribution in [1.29, 1.82) is 0 Å². The topological polar surface area (TPSA) is 119 Å². The first kappa shape index (κ1) is 30.5. The van der Waals surface area contributed by atoms with Crippen molar-refractivity contribution in [2.24, 2.45) is 5.73 Å². The first-order valence-electron chi connectivity index (χ1n) is 14.5. The van der Waals surface area contributed by atoms with E-state index in [0.717, 1.165) is 42.9 Å². The zero-order chi connectivity index (χ0) is 31.4. The molecule has 0 spiro atoms. The van der Waals surface area contributed by atoms with Gasteiger partial charge in [0.15, 0.2) is 11.6 Å². The normalized spacial score (nSPS) is 16.6. The molecule has 4 aromatic carbocycles. The van der Waals surface area contributed by atoms with E-state index in [1.165, 1.54) is 24.3 Å². The van der Waals surface area contributed by atoms with E-state index in [4.69, 9.17) is 27.1 Å². The van der Waals surface area contributed by atoms with Crippen molar-refractivity contribution in [1.82, 2.24) is 9.97 Å². The fraction of sp³-hybridized carbons (Fsp3) is 0.176. The number of rotatable bonds is 9. The highest BCUT2D eigenvalue weighted by Crippen LogP contribution is 2.38. The molecule has 5 aromatic rings. The first-order chi connectivity index (χ1) is 21.7. The molecule has 0 bridgehead atoms. The summed E-state index contributed by atoms with van der Waals surface area (Å²) in [7, 11) is -4.04. The first-order valence-corrected chi connectivity index (χ1v) is 16.4. The van der Waals surface area contributed by atoms with Gasteiger partial charge in [-0.2, -0.15) is 0 Å². The van der Waals surface area contributed by atoms with E-state index in [9.17, 15) is 8.42 Å². The summed E-state index contributed by atoms with van der Waals surface area (Å²) in [5, 5.41) is 3.48. The Labute approximate surface area is 266 Å². The molecule has 4 N–H and O–H groups in total. The van der Waals surface area contributed by atoms with Crippen LogP contribution >= 0.6 is 11.6 Å². The molecular weight excluding hydrogens is 613 g/mol. The Hall–Kier alpha value is -4.51. The molecule has 1 aliphatic carbocycles. The molecule has 1 aliphatic rings. The van der Waals surface area contributed by atoms with Crippen LogP contribution < -0.4 is 20.5 Å². The second kappa shape index (κ2) is 13.2. The number of halogens is 2. The predicted octanol–water partition coefficient (Wildman–Crippen LogP) is 7.88. The van der Waals surface area contributed by atoms with Crippen LogP contribution in [0.3, 0.4) is 0 Å². The summed E-state index contributed by atoms with van der Waals surface area (Å²) >= 11 is 6.08. The summed E-state index contributed by atoms with van der Waals surface area (Å²) in [5.41, 5.74) is 9.14. The highest BCUT2D eigenvalue weighted by molar-refractivity contribution is 7.92. The van der Waals surface area contributed by atoms with Gasteiger partial charge in [-0.1, -0.05) is 60.1 Å². The van der Waals surface area contributed by atoms with Crippen LogP contribution in [0.1, 0.15) is 25.7 Å². The van der Waals surface area contributed by atoms with Gasteiger partial charge in [-0.3, -0.25) is 4.72 Å². The van der Waals surface area contributed by atoms with E-state index in [1.807, 2.05) is 48.5 Å². The molecule has 11 heteroatoms. The van der Waals surface area contributed by atoms with Crippen molar-refractivity contribution in [3.63, 3.8) is 0 Å². The van der Waals surface area contributed by atoms with Gasteiger partial charge in [0, 0.05) is 29.9 Å². The van der Waals surface area contributed by atoms with Gasteiger partial charge in [0.1, 0.15) is 10.6 Å². The lowest BCUT2D eigenvalue weighted by atomic mass is 9.92. The maximum atomic E-state index is 15.5. The minimum Gasteiger partial charge on any atom is -0.454 e. The fourth-order valence-electron chi connectivity index (χ4n) is 5.29. The fourth-order valence-corrected chi connectivity index (χ4v) is 6.86. The van der Waals surface area contributed by atoms with Crippen molar-refractivity contribution in [3.05, 3.63) is 114 Å². The minimum absolute atomic E-state index is 0.0215. The van der Waals surface area contributed by atoms with Gasteiger partial charge < -0.3 is 15.8 Å². The lowest BCUT2D eigenvalue weighted by molar-refractivity contribution is 0.410. The highest BCUT2D eigenvalue weighted by Gasteiger charge is 2.21. The number of nitrogens with one attached hydrogen (secondary N) is 2. The molecule has 1 aromatic heterocycles. The SMILES string of the molecule is NC1CCC(Nc2nccc(-c3ccc(-c4ccccc4)cc3Oc3ccc(NS(=O)(=O)c4ccccc4Cl)cc3F)n2)CC1.